The molecule has 1 amide bonds. The maximum absolute atomic E-state index is 11.7. The molecule has 5 heteroatoms. The van der Waals surface area contributed by atoms with E-state index in [-0.39, 0.29) is 5.91 Å². The van der Waals surface area contributed by atoms with Crippen LogP contribution >= 0.6 is 11.6 Å². The molecule has 1 heterocycles. The van der Waals surface area contributed by atoms with Gasteiger partial charge in [-0.25, -0.2) is 0 Å². The molecule has 0 saturated heterocycles. The standard InChI is InChI=1S/C11H17ClN2O2/c1-3-14-7-9(12)6-10(14)11(16)13-5-4-8(2)15/h6-8,15H,3-5H2,1-2H3,(H,13,16). The lowest BCUT2D eigenvalue weighted by atomic mass is 10.3. The number of rotatable bonds is 5. The average Bonchev–Trinajstić information content (AvgIpc) is 2.59. The topological polar surface area (TPSA) is 54.3 Å². The highest BCUT2D eigenvalue weighted by atomic mass is 35.5. The Kier molecular flexibility index (Phi) is 4.83. The van der Waals surface area contributed by atoms with Gasteiger partial charge in [0.1, 0.15) is 5.69 Å². The summed E-state index contributed by atoms with van der Waals surface area (Å²) >= 11 is 5.83. The largest absolute Gasteiger partial charge is 0.393 e. The fourth-order valence-corrected chi connectivity index (χ4v) is 1.63. The van der Waals surface area contributed by atoms with Crippen LogP contribution in [-0.2, 0) is 6.54 Å². The van der Waals surface area contributed by atoms with Crippen LogP contribution in [0.5, 0.6) is 0 Å². The van der Waals surface area contributed by atoms with Crippen LogP contribution in [0.2, 0.25) is 5.02 Å². The predicted molar refractivity (Wildman–Crippen MR) is 63.7 cm³/mol. The van der Waals surface area contributed by atoms with Gasteiger partial charge in [-0.15, -0.1) is 0 Å². The van der Waals surface area contributed by atoms with Gasteiger partial charge in [0.05, 0.1) is 11.1 Å². The number of nitrogens with one attached hydrogen (secondary N) is 1. The van der Waals surface area contributed by atoms with Crippen molar-refractivity contribution in [2.24, 2.45) is 0 Å². The zero-order valence-electron chi connectivity index (χ0n) is 9.53. The molecule has 0 aliphatic heterocycles. The van der Waals surface area contributed by atoms with Crippen molar-refractivity contribution in [1.29, 1.82) is 0 Å². The lowest BCUT2D eigenvalue weighted by molar-refractivity contribution is 0.0936. The van der Waals surface area contributed by atoms with Gasteiger partial charge >= 0.3 is 0 Å². The van der Waals surface area contributed by atoms with Crippen molar-refractivity contribution in [3.63, 3.8) is 0 Å². The molecule has 1 atom stereocenters. The smallest absolute Gasteiger partial charge is 0.267 e. The molecule has 0 bridgehead atoms. The van der Waals surface area contributed by atoms with E-state index in [1.807, 2.05) is 6.92 Å². The van der Waals surface area contributed by atoms with E-state index in [1.54, 1.807) is 23.8 Å². The van der Waals surface area contributed by atoms with Crippen LogP contribution in [0.4, 0.5) is 0 Å². The van der Waals surface area contributed by atoms with Crippen molar-refractivity contribution in [2.75, 3.05) is 6.54 Å². The average molecular weight is 245 g/mol. The van der Waals surface area contributed by atoms with Gasteiger partial charge in [-0.2, -0.15) is 0 Å². The van der Waals surface area contributed by atoms with Crippen LogP contribution in [0, 0.1) is 0 Å². The van der Waals surface area contributed by atoms with E-state index < -0.39 is 6.10 Å². The summed E-state index contributed by atoms with van der Waals surface area (Å²) in [4.78, 5) is 11.7. The van der Waals surface area contributed by atoms with Crippen LogP contribution in [0.3, 0.4) is 0 Å². The minimum atomic E-state index is -0.401. The van der Waals surface area contributed by atoms with E-state index in [1.165, 1.54) is 0 Å². The molecule has 16 heavy (non-hydrogen) atoms. The summed E-state index contributed by atoms with van der Waals surface area (Å²) in [5.74, 6) is -0.158. The molecule has 0 radical (unpaired) electrons. The lowest BCUT2D eigenvalue weighted by Crippen LogP contribution is -2.28. The maximum atomic E-state index is 11.7. The molecule has 0 aromatic carbocycles. The highest BCUT2D eigenvalue weighted by Gasteiger charge is 2.11. The second-order valence-corrected chi connectivity index (χ2v) is 4.16. The second-order valence-electron chi connectivity index (χ2n) is 3.72. The van der Waals surface area contributed by atoms with E-state index in [0.29, 0.717) is 30.2 Å². The Morgan fingerprint density at radius 1 is 1.69 bits per heavy atom. The minimum Gasteiger partial charge on any atom is -0.393 e. The van der Waals surface area contributed by atoms with Crippen molar-refractivity contribution >= 4 is 17.5 Å². The van der Waals surface area contributed by atoms with E-state index in [4.69, 9.17) is 16.7 Å². The first-order valence-corrected chi connectivity index (χ1v) is 5.74. The quantitative estimate of drug-likeness (QED) is 0.828. The fraction of sp³-hybridized carbons (Fsp3) is 0.545. The van der Waals surface area contributed by atoms with Crippen LogP contribution in [0.15, 0.2) is 12.3 Å². The molecule has 0 fully saturated rings. The number of hydrogen-bond acceptors (Lipinski definition) is 2. The maximum Gasteiger partial charge on any atom is 0.267 e. The number of halogens is 1. The summed E-state index contributed by atoms with van der Waals surface area (Å²) in [5.41, 5.74) is 0.554. The van der Waals surface area contributed by atoms with Crippen LogP contribution in [-0.4, -0.2) is 28.2 Å². The number of carbonyl (C=O) groups is 1. The van der Waals surface area contributed by atoms with Crippen molar-refractivity contribution in [3.8, 4) is 0 Å². The third-order valence-corrected chi connectivity index (χ3v) is 2.49. The Morgan fingerprint density at radius 2 is 2.38 bits per heavy atom. The number of nitrogens with zero attached hydrogens (tertiary/aromatic N) is 1. The van der Waals surface area contributed by atoms with E-state index in [9.17, 15) is 4.79 Å². The van der Waals surface area contributed by atoms with Gasteiger partial charge in [-0.3, -0.25) is 4.79 Å². The van der Waals surface area contributed by atoms with Gasteiger partial charge in [0.2, 0.25) is 0 Å². The number of hydrogen-bond donors (Lipinski definition) is 2. The second kappa shape index (κ2) is 5.92. The van der Waals surface area contributed by atoms with E-state index in [2.05, 4.69) is 5.32 Å². The highest BCUT2D eigenvalue weighted by molar-refractivity contribution is 6.31. The van der Waals surface area contributed by atoms with Crippen LogP contribution in [0.25, 0.3) is 0 Å². The Balaban J connectivity index is 2.58. The zero-order valence-corrected chi connectivity index (χ0v) is 10.3. The molecule has 2 N–H and O–H groups in total. The lowest BCUT2D eigenvalue weighted by Gasteiger charge is -2.08. The molecule has 4 nitrogen and oxygen atoms in total. The molecular weight excluding hydrogens is 228 g/mol. The Morgan fingerprint density at radius 3 is 2.94 bits per heavy atom. The minimum absolute atomic E-state index is 0.158. The third kappa shape index (κ3) is 3.54. The molecule has 1 unspecified atom stereocenters. The molecular formula is C11H17ClN2O2. The van der Waals surface area contributed by atoms with Gasteiger partial charge in [0, 0.05) is 19.3 Å². The van der Waals surface area contributed by atoms with Gasteiger partial charge in [-0.1, -0.05) is 11.6 Å². The summed E-state index contributed by atoms with van der Waals surface area (Å²) in [7, 11) is 0. The first-order valence-electron chi connectivity index (χ1n) is 5.36. The summed E-state index contributed by atoms with van der Waals surface area (Å²) < 4.78 is 1.79. The molecule has 1 rings (SSSR count). The molecule has 0 saturated carbocycles. The summed E-state index contributed by atoms with van der Waals surface area (Å²) in [5, 5.41) is 12.4. The number of aliphatic hydroxyl groups excluding tert-OH is 1. The first-order chi connectivity index (χ1) is 7.54. The first kappa shape index (κ1) is 13.1. The molecule has 1 aromatic rings. The SMILES string of the molecule is CCn1cc(Cl)cc1C(=O)NCCC(C)O. The summed E-state index contributed by atoms with van der Waals surface area (Å²) in [6, 6.07) is 1.64. The van der Waals surface area contributed by atoms with Crippen LogP contribution < -0.4 is 5.32 Å². The van der Waals surface area contributed by atoms with E-state index in [0.717, 1.165) is 0 Å². The molecule has 0 aliphatic carbocycles. The molecule has 0 spiro atoms. The van der Waals surface area contributed by atoms with Gasteiger partial charge in [-0.05, 0) is 26.3 Å². The zero-order chi connectivity index (χ0) is 12.1. The summed E-state index contributed by atoms with van der Waals surface area (Å²) in [6.07, 6.45) is 1.87. The van der Waals surface area contributed by atoms with Gasteiger partial charge in [0.15, 0.2) is 0 Å². The number of aryl methyl sites for hydroxylation is 1. The third-order valence-electron chi connectivity index (χ3n) is 2.28. The molecule has 1 aromatic heterocycles. The van der Waals surface area contributed by atoms with Crippen molar-refractivity contribution in [1.82, 2.24) is 9.88 Å². The monoisotopic (exact) mass is 244 g/mol. The Bertz CT molecular complexity index is 361. The molecule has 0 aliphatic rings. The van der Waals surface area contributed by atoms with Crippen molar-refractivity contribution in [3.05, 3.63) is 23.0 Å². The Hall–Kier alpha value is -1.00. The van der Waals surface area contributed by atoms with Gasteiger partial charge in [0.25, 0.3) is 5.91 Å². The van der Waals surface area contributed by atoms with Crippen LogP contribution in [0.1, 0.15) is 30.8 Å². The van der Waals surface area contributed by atoms with Crippen molar-refractivity contribution in [2.45, 2.75) is 32.9 Å². The normalized spacial score (nSPS) is 12.5. The predicted octanol–water partition coefficient (Wildman–Crippen LogP) is 1.66. The highest BCUT2D eigenvalue weighted by Crippen LogP contribution is 2.13. The van der Waals surface area contributed by atoms with Crippen molar-refractivity contribution < 1.29 is 9.90 Å². The number of amides is 1. The van der Waals surface area contributed by atoms with Gasteiger partial charge < -0.3 is 15.0 Å². The van der Waals surface area contributed by atoms with E-state index >= 15 is 0 Å². The molecule has 90 valence electrons. The Labute approximate surface area is 100 Å². The number of carbonyl (C=O) groups excluding carboxylic acids is 1. The fourth-order valence-electron chi connectivity index (χ4n) is 1.41. The number of aliphatic hydroxyl groups is 1. The summed E-state index contributed by atoms with van der Waals surface area (Å²) in [6.45, 7) is 4.80. The number of aromatic nitrogens is 1.